The molecule has 0 bridgehead atoms. The third-order valence-electron chi connectivity index (χ3n) is 5.17. The largest absolute Gasteiger partial charge is 0.355 e. The fraction of sp³-hybridized carbons (Fsp3) is 0.240. The van der Waals surface area contributed by atoms with Gasteiger partial charge in [0, 0.05) is 60.9 Å². The van der Waals surface area contributed by atoms with Gasteiger partial charge in [-0.2, -0.15) is 0 Å². The number of rotatable bonds is 9. The van der Waals surface area contributed by atoms with E-state index in [-0.39, 0.29) is 11.9 Å². The van der Waals surface area contributed by atoms with E-state index in [1.54, 1.807) is 41.0 Å². The van der Waals surface area contributed by atoms with Crippen LogP contribution in [0.1, 0.15) is 17.3 Å². The number of urea groups is 1. The number of anilines is 3. The summed E-state index contributed by atoms with van der Waals surface area (Å²) in [5.74, 6) is -0.0607. The summed E-state index contributed by atoms with van der Waals surface area (Å²) >= 11 is 1.58. The molecule has 7 nitrogen and oxygen atoms in total. The predicted molar refractivity (Wildman–Crippen MR) is 135 cm³/mol. The number of para-hydroxylation sites is 1. The van der Waals surface area contributed by atoms with E-state index in [9.17, 15) is 9.59 Å². The maximum atomic E-state index is 13.0. The summed E-state index contributed by atoms with van der Waals surface area (Å²) in [6.45, 7) is 3.36. The highest BCUT2D eigenvalue weighted by Gasteiger charge is 2.17. The second kappa shape index (κ2) is 11.9. The van der Waals surface area contributed by atoms with E-state index in [2.05, 4.69) is 15.6 Å². The van der Waals surface area contributed by atoms with Crippen molar-refractivity contribution in [1.82, 2.24) is 14.8 Å². The molecule has 0 saturated carbocycles. The van der Waals surface area contributed by atoms with Gasteiger partial charge in [-0.25, -0.2) is 4.79 Å². The number of carbonyl (C=O) groups is 2. The van der Waals surface area contributed by atoms with E-state index < -0.39 is 0 Å². The molecule has 0 spiro atoms. The third kappa shape index (κ3) is 6.73. The second-order valence-corrected chi connectivity index (χ2v) is 8.22. The van der Waals surface area contributed by atoms with Gasteiger partial charge in [0.2, 0.25) is 0 Å². The zero-order valence-electron chi connectivity index (χ0n) is 19.1. The van der Waals surface area contributed by atoms with E-state index in [0.717, 1.165) is 22.0 Å². The Morgan fingerprint density at radius 2 is 1.61 bits per heavy atom. The number of hydrogen-bond acceptors (Lipinski definition) is 5. The molecular weight excluding hydrogens is 434 g/mol. The minimum atomic E-state index is -0.202. The van der Waals surface area contributed by atoms with E-state index in [1.807, 2.05) is 73.8 Å². The highest BCUT2D eigenvalue weighted by Crippen LogP contribution is 2.24. The lowest BCUT2D eigenvalue weighted by molar-refractivity contribution is 0.0754. The molecule has 3 aromatic rings. The van der Waals surface area contributed by atoms with E-state index in [4.69, 9.17) is 0 Å². The number of carbonyl (C=O) groups excluding carboxylic acids is 2. The van der Waals surface area contributed by atoms with Gasteiger partial charge in [-0.1, -0.05) is 12.1 Å². The number of thioether (sulfide) groups is 1. The Morgan fingerprint density at radius 3 is 2.27 bits per heavy atom. The average molecular weight is 464 g/mol. The number of benzene rings is 2. The lowest BCUT2D eigenvalue weighted by Gasteiger charge is -2.25. The number of pyridine rings is 1. The Labute approximate surface area is 199 Å². The van der Waals surface area contributed by atoms with Crippen molar-refractivity contribution in [3.63, 3.8) is 0 Å². The fourth-order valence-electron chi connectivity index (χ4n) is 3.21. The summed E-state index contributed by atoms with van der Waals surface area (Å²) in [5, 5.41) is 6.22. The number of aromatic nitrogens is 1. The van der Waals surface area contributed by atoms with Crippen molar-refractivity contribution in [1.29, 1.82) is 0 Å². The molecule has 0 aliphatic rings. The Kier molecular flexibility index (Phi) is 8.71. The van der Waals surface area contributed by atoms with E-state index in [0.29, 0.717) is 25.2 Å². The van der Waals surface area contributed by atoms with E-state index >= 15 is 0 Å². The molecule has 0 saturated heterocycles. The van der Waals surface area contributed by atoms with Gasteiger partial charge in [-0.15, -0.1) is 11.8 Å². The first-order chi connectivity index (χ1) is 16.0. The van der Waals surface area contributed by atoms with Crippen molar-refractivity contribution in [3.05, 3.63) is 78.6 Å². The second-order valence-electron chi connectivity index (χ2n) is 7.38. The minimum Gasteiger partial charge on any atom is -0.355 e. The monoisotopic (exact) mass is 463 g/mol. The van der Waals surface area contributed by atoms with Crippen LogP contribution in [0.4, 0.5) is 21.9 Å². The Balaban J connectivity index is 1.55. The lowest BCUT2D eigenvalue weighted by Crippen LogP contribution is -2.40. The van der Waals surface area contributed by atoms with Crippen LogP contribution in [-0.2, 0) is 0 Å². The molecule has 3 rings (SSSR count). The average Bonchev–Trinajstić information content (AvgIpc) is 2.85. The lowest BCUT2D eigenvalue weighted by atomic mass is 10.1. The molecule has 0 aliphatic carbocycles. The smallest absolute Gasteiger partial charge is 0.321 e. The van der Waals surface area contributed by atoms with Crippen LogP contribution in [-0.4, -0.2) is 59.7 Å². The zero-order valence-corrected chi connectivity index (χ0v) is 19.9. The summed E-state index contributed by atoms with van der Waals surface area (Å²) in [4.78, 5) is 33.9. The van der Waals surface area contributed by atoms with Gasteiger partial charge in [0.05, 0.1) is 5.69 Å². The molecule has 3 amide bonds. The zero-order chi connectivity index (χ0) is 23.6. The van der Waals surface area contributed by atoms with Gasteiger partial charge in [0.15, 0.2) is 0 Å². The molecule has 0 fully saturated rings. The van der Waals surface area contributed by atoms with Gasteiger partial charge in [0.1, 0.15) is 0 Å². The minimum absolute atomic E-state index is 0.0607. The SMILES string of the molecule is CCN(CCN(C)C(=O)Nc1ccccc1SC)C(=O)c1ccc(Nc2ccncc2)cc1. The third-order valence-corrected chi connectivity index (χ3v) is 5.97. The Morgan fingerprint density at radius 1 is 0.939 bits per heavy atom. The Bertz CT molecular complexity index is 1060. The quantitative estimate of drug-likeness (QED) is 0.428. The van der Waals surface area contributed by atoms with Crippen molar-refractivity contribution >= 4 is 40.8 Å². The van der Waals surface area contributed by atoms with Crippen LogP contribution in [0.5, 0.6) is 0 Å². The maximum absolute atomic E-state index is 13.0. The van der Waals surface area contributed by atoms with Gasteiger partial charge in [0.25, 0.3) is 5.91 Å². The van der Waals surface area contributed by atoms with Crippen LogP contribution < -0.4 is 10.6 Å². The molecule has 33 heavy (non-hydrogen) atoms. The molecule has 0 unspecified atom stereocenters. The van der Waals surface area contributed by atoms with Crippen molar-refractivity contribution in [2.75, 3.05) is 43.6 Å². The van der Waals surface area contributed by atoms with Crippen molar-refractivity contribution in [2.24, 2.45) is 0 Å². The molecule has 1 aromatic heterocycles. The van der Waals surface area contributed by atoms with Gasteiger partial charge >= 0.3 is 6.03 Å². The first kappa shape index (κ1) is 24.1. The van der Waals surface area contributed by atoms with Crippen LogP contribution in [0.2, 0.25) is 0 Å². The molecule has 172 valence electrons. The van der Waals surface area contributed by atoms with Crippen LogP contribution in [0, 0.1) is 0 Å². The first-order valence-electron chi connectivity index (χ1n) is 10.7. The molecule has 2 aromatic carbocycles. The summed E-state index contributed by atoms with van der Waals surface area (Å²) in [7, 11) is 1.73. The highest BCUT2D eigenvalue weighted by molar-refractivity contribution is 7.98. The maximum Gasteiger partial charge on any atom is 0.321 e. The van der Waals surface area contributed by atoms with Gasteiger partial charge in [-0.05, 0) is 61.7 Å². The predicted octanol–water partition coefficient (Wildman–Crippen LogP) is 5.17. The number of likely N-dealkylation sites (N-methyl/N-ethyl adjacent to an activating group) is 2. The van der Waals surface area contributed by atoms with Gasteiger partial charge in [-0.3, -0.25) is 9.78 Å². The van der Waals surface area contributed by atoms with Gasteiger partial charge < -0.3 is 20.4 Å². The van der Waals surface area contributed by atoms with E-state index in [1.165, 1.54) is 0 Å². The van der Waals surface area contributed by atoms with Crippen molar-refractivity contribution < 1.29 is 9.59 Å². The molecule has 8 heteroatoms. The van der Waals surface area contributed by atoms with Crippen LogP contribution in [0.15, 0.2) is 78.0 Å². The normalized spacial score (nSPS) is 10.4. The topological polar surface area (TPSA) is 77.6 Å². The summed E-state index contributed by atoms with van der Waals surface area (Å²) in [6.07, 6.45) is 5.41. The Hall–Kier alpha value is -3.52. The summed E-state index contributed by atoms with van der Waals surface area (Å²) < 4.78 is 0. The standard InChI is InChI=1S/C25H29N5O2S/c1-4-30(18-17-29(2)25(32)28-22-7-5-6-8-23(22)33-3)24(31)19-9-11-20(12-10-19)27-21-13-15-26-16-14-21/h5-16H,4,17-18H2,1-3H3,(H,26,27)(H,28,32). The molecule has 0 aliphatic heterocycles. The molecule has 1 heterocycles. The molecular formula is C25H29N5O2S. The van der Waals surface area contributed by atoms with Crippen LogP contribution >= 0.6 is 11.8 Å². The molecule has 0 radical (unpaired) electrons. The number of hydrogen-bond donors (Lipinski definition) is 2. The number of nitrogens with one attached hydrogen (secondary N) is 2. The first-order valence-corrected chi connectivity index (χ1v) is 12.0. The van der Waals surface area contributed by atoms with Crippen LogP contribution in [0.3, 0.4) is 0 Å². The molecule has 0 atom stereocenters. The highest BCUT2D eigenvalue weighted by atomic mass is 32.2. The van der Waals surface area contributed by atoms with Crippen molar-refractivity contribution in [3.8, 4) is 0 Å². The number of amides is 3. The summed E-state index contributed by atoms with van der Waals surface area (Å²) in [6, 6.07) is 18.6. The number of nitrogens with zero attached hydrogens (tertiary/aromatic N) is 3. The summed E-state index contributed by atoms with van der Waals surface area (Å²) in [5.41, 5.74) is 3.22. The fourth-order valence-corrected chi connectivity index (χ4v) is 3.77. The molecule has 2 N–H and O–H groups in total. The van der Waals surface area contributed by atoms with Crippen molar-refractivity contribution in [2.45, 2.75) is 11.8 Å². The van der Waals surface area contributed by atoms with Crippen LogP contribution in [0.25, 0.3) is 0 Å².